The standard InChI is InChI=1S/C26H29N3O3S/c1-20-6-5-7-24(18-20)28-33(31,32)25-14-12-23(13-15-25)27-26(30)22-10-8-21(9-11-22)19-29-16-3-2-4-17-29/h5-15,18,28H,2-4,16-17,19H2,1H3,(H,27,30). The van der Waals surface area contributed by atoms with Crippen LogP contribution in [0.2, 0.25) is 0 Å². The minimum absolute atomic E-state index is 0.129. The molecule has 1 fully saturated rings. The number of likely N-dealkylation sites (tertiary alicyclic amines) is 1. The van der Waals surface area contributed by atoms with E-state index in [1.165, 1.54) is 37.0 Å². The highest BCUT2D eigenvalue weighted by atomic mass is 32.2. The van der Waals surface area contributed by atoms with Crippen molar-refractivity contribution in [3.63, 3.8) is 0 Å². The molecule has 6 nitrogen and oxygen atoms in total. The molecule has 0 aromatic heterocycles. The van der Waals surface area contributed by atoms with Crippen LogP contribution in [0.4, 0.5) is 11.4 Å². The lowest BCUT2D eigenvalue weighted by atomic mass is 10.1. The van der Waals surface area contributed by atoms with Crippen molar-refractivity contribution in [2.24, 2.45) is 0 Å². The fraction of sp³-hybridized carbons (Fsp3) is 0.269. The first-order valence-corrected chi connectivity index (χ1v) is 12.7. The Morgan fingerprint density at radius 2 is 1.58 bits per heavy atom. The zero-order chi connectivity index (χ0) is 23.3. The van der Waals surface area contributed by atoms with Gasteiger partial charge in [-0.25, -0.2) is 8.42 Å². The second-order valence-corrected chi connectivity index (χ2v) is 10.2. The third-order valence-corrected chi connectivity index (χ3v) is 7.16. The van der Waals surface area contributed by atoms with Gasteiger partial charge in [0.05, 0.1) is 4.90 Å². The van der Waals surface area contributed by atoms with E-state index in [0.29, 0.717) is 16.9 Å². The summed E-state index contributed by atoms with van der Waals surface area (Å²) in [5.41, 5.74) is 3.77. The molecule has 3 aromatic carbocycles. The molecule has 7 heteroatoms. The van der Waals surface area contributed by atoms with Gasteiger partial charge in [-0.2, -0.15) is 0 Å². The van der Waals surface area contributed by atoms with Gasteiger partial charge in [-0.15, -0.1) is 0 Å². The van der Waals surface area contributed by atoms with Crippen molar-refractivity contribution in [3.8, 4) is 0 Å². The number of aryl methyl sites for hydroxylation is 1. The van der Waals surface area contributed by atoms with Crippen molar-refractivity contribution in [3.05, 3.63) is 89.5 Å². The van der Waals surface area contributed by atoms with Gasteiger partial charge < -0.3 is 5.32 Å². The van der Waals surface area contributed by atoms with E-state index in [0.717, 1.165) is 25.2 Å². The molecule has 0 bridgehead atoms. The maximum atomic E-state index is 12.6. The number of carbonyl (C=O) groups is 1. The maximum absolute atomic E-state index is 12.6. The Morgan fingerprint density at radius 1 is 0.879 bits per heavy atom. The van der Waals surface area contributed by atoms with Crippen LogP contribution in [0.15, 0.2) is 77.7 Å². The Balaban J connectivity index is 1.36. The number of nitrogens with one attached hydrogen (secondary N) is 2. The highest BCUT2D eigenvalue weighted by Gasteiger charge is 2.15. The Labute approximate surface area is 195 Å². The van der Waals surface area contributed by atoms with Crippen LogP contribution in [-0.2, 0) is 16.6 Å². The lowest BCUT2D eigenvalue weighted by molar-refractivity contribution is 0.102. The van der Waals surface area contributed by atoms with E-state index in [1.807, 2.05) is 37.3 Å². The third-order valence-electron chi connectivity index (χ3n) is 5.76. The average Bonchev–Trinajstić information content (AvgIpc) is 2.80. The molecule has 33 heavy (non-hydrogen) atoms. The number of amides is 1. The van der Waals surface area contributed by atoms with Crippen LogP contribution in [0.1, 0.15) is 40.7 Å². The number of carbonyl (C=O) groups excluding carboxylic acids is 1. The summed E-state index contributed by atoms with van der Waals surface area (Å²) in [6, 6.07) is 21.0. The monoisotopic (exact) mass is 463 g/mol. The van der Waals surface area contributed by atoms with Crippen molar-refractivity contribution in [1.29, 1.82) is 0 Å². The molecule has 0 spiro atoms. The second kappa shape index (κ2) is 10.2. The van der Waals surface area contributed by atoms with Crippen LogP contribution in [0.25, 0.3) is 0 Å². The SMILES string of the molecule is Cc1cccc(NS(=O)(=O)c2ccc(NC(=O)c3ccc(CN4CCCCC4)cc3)cc2)c1. The van der Waals surface area contributed by atoms with Gasteiger partial charge in [0.2, 0.25) is 0 Å². The van der Waals surface area contributed by atoms with E-state index in [2.05, 4.69) is 14.9 Å². The van der Waals surface area contributed by atoms with Crippen LogP contribution in [0, 0.1) is 6.92 Å². The molecule has 3 aromatic rings. The molecule has 0 aliphatic carbocycles. The van der Waals surface area contributed by atoms with E-state index in [4.69, 9.17) is 0 Å². The van der Waals surface area contributed by atoms with Crippen LogP contribution in [-0.4, -0.2) is 32.3 Å². The van der Waals surface area contributed by atoms with Gasteiger partial charge in [0.25, 0.3) is 15.9 Å². The molecule has 0 saturated carbocycles. The number of hydrogen-bond donors (Lipinski definition) is 2. The number of hydrogen-bond acceptors (Lipinski definition) is 4. The summed E-state index contributed by atoms with van der Waals surface area (Å²) in [6.45, 7) is 5.08. The summed E-state index contributed by atoms with van der Waals surface area (Å²) < 4.78 is 27.9. The number of nitrogens with zero attached hydrogens (tertiary/aromatic N) is 1. The van der Waals surface area contributed by atoms with E-state index in [-0.39, 0.29) is 10.8 Å². The van der Waals surface area contributed by atoms with Crippen LogP contribution in [0.5, 0.6) is 0 Å². The lowest BCUT2D eigenvalue weighted by Gasteiger charge is -2.26. The van der Waals surface area contributed by atoms with E-state index >= 15 is 0 Å². The van der Waals surface area contributed by atoms with Gasteiger partial charge in [0.15, 0.2) is 0 Å². The predicted octanol–water partition coefficient (Wildman–Crippen LogP) is 5.03. The molecule has 4 rings (SSSR count). The van der Waals surface area contributed by atoms with Crippen LogP contribution in [0.3, 0.4) is 0 Å². The lowest BCUT2D eigenvalue weighted by Crippen LogP contribution is -2.29. The quantitative estimate of drug-likeness (QED) is 0.515. The molecule has 0 radical (unpaired) electrons. The van der Waals surface area contributed by atoms with Crippen molar-refractivity contribution >= 4 is 27.3 Å². The third kappa shape index (κ3) is 6.21. The first kappa shape index (κ1) is 23.0. The van der Waals surface area contributed by atoms with Crippen molar-refractivity contribution in [2.45, 2.75) is 37.6 Å². The second-order valence-electron chi connectivity index (χ2n) is 8.49. The molecular weight excluding hydrogens is 434 g/mol. The van der Waals surface area contributed by atoms with Crippen LogP contribution < -0.4 is 10.0 Å². The molecule has 1 heterocycles. The highest BCUT2D eigenvalue weighted by Crippen LogP contribution is 2.20. The molecule has 0 unspecified atom stereocenters. The molecule has 1 aliphatic rings. The number of benzene rings is 3. The van der Waals surface area contributed by atoms with Crippen molar-refractivity contribution in [1.82, 2.24) is 4.90 Å². The molecule has 0 atom stereocenters. The maximum Gasteiger partial charge on any atom is 0.261 e. The Hall–Kier alpha value is -3.16. The minimum Gasteiger partial charge on any atom is -0.322 e. The molecule has 2 N–H and O–H groups in total. The number of rotatable bonds is 7. The van der Waals surface area contributed by atoms with Gasteiger partial charge in [0.1, 0.15) is 0 Å². The van der Waals surface area contributed by atoms with E-state index < -0.39 is 10.0 Å². The van der Waals surface area contributed by atoms with Gasteiger partial charge >= 0.3 is 0 Å². The molecule has 1 aliphatic heterocycles. The molecule has 1 amide bonds. The predicted molar refractivity (Wildman–Crippen MR) is 132 cm³/mol. The summed E-state index contributed by atoms with van der Waals surface area (Å²) in [6.07, 6.45) is 3.82. The Kier molecular flexibility index (Phi) is 7.11. The zero-order valence-electron chi connectivity index (χ0n) is 18.8. The zero-order valence-corrected chi connectivity index (χ0v) is 19.6. The summed E-state index contributed by atoms with van der Waals surface area (Å²) in [7, 11) is -3.71. The van der Waals surface area contributed by atoms with Gasteiger partial charge in [-0.05, 0) is 92.5 Å². The number of anilines is 2. The summed E-state index contributed by atoms with van der Waals surface area (Å²) in [5.74, 6) is -0.229. The van der Waals surface area contributed by atoms with E-state index in [9.17, 15) is 13.2 Å². The fourth-order valence-electron chi connectivity index (χ4n) is 3.98. The van der Waals surface area contributed by atoms with Gasteiger partial charge in [0, 0.05) is 23.5 Å². The van der Waals surface area contributed by atoms with E-state index in [1.54, 1.807) is 30.3 Å². The highest BCUT2D eigenvalue weighted by molar-refractivity contribution is 7.92. The molecule has 172 valence electrons. The largest absolute Gasteiger partial charge is 0.322 e. The Bertz CT molecular complexity index is 1200. The summed E-state index contributed by atoms with van der Waals surface area (Å²) in [5, 5.41) is 2.83. The summed E-state index contributed by atoms with van der Waals surface area (Å²) >= 11 is 0. The van der Waals surface area contributed by atoms with Gasteiger partial charge in [-0.3, -0.25) is 14.4 Å². The summed E-state index contributed by atoms with van der Waals surface area (Å²) in [4.78, 5) is 15.2. The normalized spacial score (nSPS) is 14.6. The van der Waals surface area contributed by atoms with Crippen molar-refractivity contribution < 1.29 is 13.2 Å². The number of sulfonamides is 1. The van der Waals surface area contributed by atoms with Gasteiger partial charge in [-0.1, -0.05) is 30.7 Å². The Morgan fingerprint density at radius 3 is 2.24 bits per heavy atom. The fourth-order valence-corrected chi connectivity index (χ4v) is 5.03. The first-order valence-electron chi connectivity index (χ1n) is 11.2. The molecular formula is C26H29N3O3S. The van der Waals surface area contributed by atoms with Crippen LogP contribution >= 0.6 is 0 Å². The van der Waals surface area contributed by atoms with Crippen molar-refractivity contribution in [2.75, 3.05) is 23.1 Å². The smallest absolute Gasteiger partial charge is 0.261 e. The molecule has 1 saturated heterocycles. The number of piperidine rings is 1. The topological polar surface area (TPSA) is 78.5 Å². The minimum atomic E-state index is -3.71. The average molecular weight is 464 g/mol. The first-order chi connectivity index (χ1) is 15.9.